The maximum absolute atomic E-state index is 13.0. The van der Waals surface area contributed by atoms with E-state index in [0.717, 1.165) is 5.75 Å². The highest BCUT2D eigenvalue weighted by Gasteiger charge is 2.19. The largest absolute Gasteiger partial charge is 0.494 e. The quantitative estimate of drug-likeness (QED) is 0.407. The van der Waals surface area contributed by atoms with E-state index in [4.69, 9.17) is 14.7 Å². The number of ether oxygens (including phenoxy) is 2. The lowest BCUT2D eigenvalue weighted by Gasteiger charge is -2.22. The molecule has 0 unspecified atom stereocenters. The first-order chi connectivity index (χ1) is 15.7. The Kier molecular flexibility index (Phi) is 8.45. The van der Waals surface area contributed by atoms with Gasteiger partial charge < -0.3 is 14.4 Å². The Morgan fingerprint density at radius 2 is 1.88 bits per heavy atom. The van der Waals surface area contributed by atoms with Crippen molar-refractivity contribution in [1.29, 1.82) is 5.26 Å². The third kappa shape index (κ3) is 5.76. The first kappa shape index (κ1) is 23.1. The average Bonchev–Trinajstić information content (AvgIpc) is 3.28. The van der Waals surface area contributed by atoms with Gasteiger partial charge in [0.1, 0.15) is 17.2 Å². The average molecular weight is 453 g/mol. The molecule has 10 heteroatoms. The molecule has 1 amide bonds. The summed E-state index contributed by atoms with van der Waals surface area (Å²) < 4.78 is 12.7. The molecular formula is C22H24N6O3S. The van der Waals surface area contributed by atoms with Crippen LogP contribution >= 0.6 is 11.8 Å². The zero-order valence-electron chi connectivity index (χ0n) is 18.0. The Balaban J connectivity index is 1.75. The van der Waals surface area contributed by atoms with E-state index < -0.39 is 0 Å². The summed E-state index contributed by atoms with van der Waals surface area (Å²) in [7, 11) is 0. The highest BCUT2D eigenvalue weighted by Crippen LogP contribution is 2.27. The molecule has 0 spiro atoms. The molecule has 2 aromatic carbocycles. The Morgan fingerprint density at radius 3 is 2.59 bits per heavy atom. The van der Waals surface area contributed by atoms with E-state index in [2.05, 4.69) is 21.6 Å². The topological polar surface area (TPSA) is 106 Å². The van der Waals surface area contributed by atoms with E-state index in [1.165, 1.54) is 11.8 Å². The van der Waals surface area contributed by atoms with Crippen molar-refractivity contribution in [2.24, 2.45) is 0 Å². The number of hydrogen-bond acceptors (Lipinski definition) is 8. The van der Waals surface area contributed by atoms with Crippen LogP contribution in [0.4, 0.5) is 5.69 Å². The van der Waals surface area contributed by atoms with Crippen LogP contribution in [0.3, 0.4) is 0 Å². The number of nitrogens with zero attached hydrogens (tertiary/aromatic N) is 6. The molecule has 0 saturated carbocycles. The Bertz CT molecular complexity index is 1060. The van der Waals surface area contributed by atoms with Crippen molar-refractivity contribution >= 4 is 23.4 Å². The molecule has 0 aliphatic heterocycles. The van der Waals surface area contributed by atoms with Gasteiger partial charge in [0.2, 0.25) is 11.1 Å². The van der Waals surface area contributed by atoms with Gasteiger partial charge in [0.15, 0.2) is 0 Å². The van der Waals surface area contributed by atoms with Gasteiger partial charge in [-0.2, -0.15) is 9.94 Å². The molecule has 9 nitrogen and oxygen atoms in total. The molecule has 166 valence electrons. The van der Waals surface area contributed by atoms with Crippen LogP contribution in [0, 0.1) is 11.3 Å². The summed E-state index contributed by atoms with van der Waals surface area (Å²) in [4.78, 5) is 14.6. The number of rotatable bonds is 11. The van der Waals surface area contributed by atoms with Crippen LogP contribution in [0.2, 0.25) is 0 Å². The number of anilines is 1. The summed E-state index contributed by atoms with van der Waals surface area (Å²) in [6.45, 7) is 5.18. The lowest BCUT2D eigenvalue weighted by atomic mass is 10.2. The van der Waals surface area contributed by atoms with Gasteiger partial charge in [-0.15, -0.1) is 5.10 Å². The van der Waals surface area contributed by atoms with Crippen LogP contribution in [0.1, 0.15) is 20.3 Å². The predicted octanol–water partition coefficient (Wildman–Crippen LogP) is 3.50. The molecule has 3 aromatic rings. The maximum Gasteiger partial charge on any atom is 0.237 e. The zero-order valence-corrected chi connectivity index (χ0v) is 18.8. The number of thioether (sulfide) groups is 1. The van der Waals surface area contributed by atoms with E-state index in [1.54, 1.807) is 9.58 Å². The third-order valence-electron chi connectivity index (χ3n) is 4.37. The fraction of sp³-hybridized carbons (Fsp3) is 0.318. The summed E-state index contributed by atoms with van der Waals surface area (Å²) in [5.74, 6) is 1.34. The Labute approximate surface area is 190 Å². The molecule has 0 aliphatic carbocycles. The number of carbonyl (C=O) groups is 1. The van der Waals surface area contributed by atoms with Crippen LogP contribution in [0.25, 0.3) is 5.69 Å². The summed E-state index contributed by atoms with van der Waals surface area (Å²) >= 11 is 1.22. The molecule has 0 N–H and O–H groups in total. The molecule has 0 saturated heterocycles. The minimum absolute atomic E-state index is 0.107. The smallest absolute Gasteiger partial charge is 0.237 e. The van der Waals surface area contributed by atoms with Gasteiger partial charge >= 0.3 is 0 Å². The van der Waals surface area contributed by atoms with Gasteiger partial charge in [0, 0.05) is 12.2 Å². The van der Waals surface area contributed by atoms with Crippen LogP contribution < -0.4 is 14.4 Å². The van der Waals surface area contributed by atoms with Crippen molar-refractivity contribution in [3.05, 3.63) is 48.5 Å². The second-order valence-electron chi connectivity index (χ2n) is 6.44. The van der Waals surface area contributed by atoms with Crippen LogP contribution in [-0.4, -0.2) is 51.6 Å². The van der Waals surface area contributed by atoms with Gasteiger partial charge in [0.05, 0.1) is 31.5 Å². The number of aromatic nitrogens is 4. The van der Waals surface area contributed by atoms with E-state index in [9.17, 15) is 4.79 Å². The second kappa shape index (κ2) is 11.7. The molecule has 3 rings (SSSR count). The van der Waals surface area contributed by atoms with Crippen LogP contribution in [-0.2, 0) is 4.79 Å². The number of amides is 1. The second-order valence-corrected chi connectivity index (χ2v) is 7.39. The fourth-order valence-electron chi connectivity index (χ4n) is 2.98. The van der Waals surface area contributed by atoms with Crippen molar-refractivity contribution < 1.29 is 14.3 Å². The molecular weight excluding hydrogens is 428 g/mol. The van der Waals surface area contributed by atoms with Crippen LogP contribution in [0.15, 0.2) is 53.7 Å². The lowest BCUT2D eigenvalue weighted by Crippen LogP contribution is -2.33. The number of benzene rings is 2. The monoisotopic (exact) mass is 452 g/mol. The van der Waals surface area contributed by atoms with Crippen molar-refractivity contribution in [3.8, 4) is 23.3 Å². The molecule has 1 aromatic heterocycles. The Hall–Kier alpha value is -3.58. The Morgan fingerprint density at radius 1 is 1.12 bits per heavy atom. The summed E-state index contributed by atoms with van der Waals surface area (Å²) in [5.41, 5.74) is 1.40. The number of para-hydroxylation sites is 2. The summed E-state index contributed by atoms with van der Waals surface area (Å²) in [5, 5.41) is 21.4. The third-order valence-corrected chi connectivity index (χ3v) is 5.27. The molecule has 0 bridgehead atoms. The molecule has 0 aliphatic rings. The van der Waals surface area contributed by atoms with Gasteiger partial charge in [-0.25, -0.2) is 0 Å². The summed E-state index contributed by atoms with van der Waals surface area (Å²) in [6.07, 6.45) is 0.225. The van der Waals surface area contributed by atoms with Crippen molar-refractivity contribution in [3.63, 3.8) is 0 Å². The van der Waals surface area contributed by atoms with Gasteiger partial charge in [-0.3, -0.25) is 4.79 Å². The first-order valence-electron chi connectivity index (χ1n) is 10.2. The molecule has 32 heavy (non-hydrogen) atoms. The standard InChI is InChI=1S/C22H24N6O3S/c1-3-30-18-12-10-17(11-13-18)27(15-7-14-23)21(29)16-32-22-24-25-26-28(22)19-8-5-6-9-20(19)31-4-2/h5-6,8-13H,3-4,7,15-16H2,1-2H3. The van der Waals surface area contributed by atoms with Gasteiger partial charge in [-0.1, -0.05) is 23.9 Å². The van der Waals surface area contributed by atoms with Crippen molar-refractivity contribution in [2.75, 3.05) is 30.4 Å². The van der Waals surface area contributed by atoms with Gasteiger partial charge in [-0.05, 0) is 60.7 Å². The lowest BCUT2D eigenvalue weighted by molar-refractivity contribution is -0.116. The number of nitriles is 1. The van der Waals surface area contributed by atoms with E-state index in [1.807, 2.05) is 62.4 Å². The van der Waals surface area contributed by atoms with Crippen molar-refractivity contribution in [2.45, 2.75) is 25.4 Å². The molecule has 1 heterocycles. The highest BCUT2D eigenvalue weighted by molar-refractivity contribution is 7.99. The number of tetrazole rings is 1. The molecule has 0 fully saturated rings. The SMILES string of the molecule is CCOc1ccc(N(CCC#N)C(=O)CSc2nnnn2-c2ccccc2OCC)cc1. The van der Waals surface area contributed by atoms with E-state index in [-0.39, 0.29) is 18.1 Å². The predicted molar refractivity (Wildman–Crippen MR) is 121 cm³/mol. The number of hydrogen-bond donors (Lipinski definition) is 0. The molecule has 0 radical (unpaired) electrons. The summed E-state index contributed by atoms with van der Waals surface area (Å²) in [6, 6.07) is 16.8. The van der Waals surface area contributed by atoms with E-state index in [0.29, 0.717) is 42.0 Å². The minimum atomic E-state index is -0.151. The zero-order chi connectivity index (χ0) is 22.8. The maximum atomic E-state index is 13.0. The van der Waals surface area contributed by atoms with E-state index >= 15 is 0 Å². The van der Waals surface area contributed by atoms with Gasteiger partial charge in [0.25, 0.3) is 0 Å². The normalized spacial score (nSPS) is 10.4. The first-order valence-corrected chi connectivity index (χ1v) is 11.2. The molecule has 0 atom stereocenters. The minimum Gasteiger partial charge on any atom is -0.494 e. The number of carbonyl (C=O) groups excluding carboxylic acids is 1. The fourth-order valence-corrected chi connectivity index (χ4v) is 3.74. The highest BCUT2D eigenvalue weighted by atomic mass is 32.2. The van der Waals surface area contributed by atoms with Crippen molar-refractivity contribution in [1.82, 2.24) is 20.2 Å². The van der Waals surface area contributed by atoms with Crippen LogP contribution in [0.5, 0.6) is 11.5 Å².